The Morgan fingerprint density at radius 3 is 2.73 bits per heavy atom. The number of esters is 1. The molecular formula is C21H25NO3S. The van der Waals surface area contributed by atoms with E-state index >= 15 is 0 Å². The molecule has 0 spiro atoms. The largest absolute Gasteiger partial charge is 0.598 e. The van der Waals surface area contributed by atoms with E-state index in [-0.39, 0.29) is 12.0 Å². The van der Waals surface area contributed by atoms with E-state index in [9.17, 15) is 9.35 Å². The highest BCUT2D eigenvalue weighted by atomic mass is 32.2. The van der Waals surface area contributed by atoms with Crippen molar-refractivity contribution in [1.82, 2.24) is 4.31 Å². The van der Waals surface area contributed by atoms with Crippen molar-refractivity contribution in [3.8, 4) is 0 Å². The molecule has 1 unspecified atom stereocenters. The molecule has 0 radical (unpaired) electrons. The number of unbranched alkanes of at least 4 members (excludes halogenated alkanes) is 1. The van der Waals surface area contributed by atoms with E-state index < -0.39 is 11.4 Å². The highest BCUT2D eigenvalue weighted by Crippen LogP contribution is 2.37. The maximum atomic E-state index is 12.8. The van der Waals surface area contributed by atoms with Crippen LogP contribution in [0.3, 0.4) is 0 Å². The van der Waals surface area contributed by atoms with Crippen LogP contribution in [0.1, 0.15) is 38.3 Å². The Kier molecular flexibility index (Phi) is 6.35. The average Bonchev–Trinajstić information content (AvgIpc) is 3.11. The molecule has 3 rings (SSSR count). The number of rotatable bonds is 7. The molecule has 0 aromatic heterocycles. The minimum Gasteiger partial charge on any atom is -0.598 e. The zero-order valence-electron chi connectivity index (χ0n) is 15.3. The fourth-order valence-corrected chi connectivity index (χ4v) is 4.76. The first-order valence-electron chi connectivity index (χ1n) is 9.16. The molecule has 26 heavy (non-hydrogen) atoms. The van der Waals surface area contributed by atoms with Gasteiger partial charge in [0.15, 0.2) is 0 Å². The third-order valence-electron chi connectivity index (χ3n) is 4.61. The summed E-state index contributed by atoms with van der Waals surface area (Å²) in [5.41, 5.74) is 1.57. The van der Waals surface area contributed by atoms with Crippen LogP contribution in [0.25, 0.3) is 10.8 Å². The van der Waals surface area contributed by atoms with Crippen molar-refractivity contribution >= 4 is 28.1 Å². The summed E-state index contributed by atoms with van der Waals surface area (Å²) in [6, 6.07) is 14.0. The molecule has 1 heterocycles. The van der Waals surface area contributed by atoms with Crippen molar-refractivity contribution in [1.29, 1.82) is 0 Å². The highest BCUT2D eigenvalue weighted by Gasteiger charge is 2.40. The Morgan fingerprint density at radius 1 is 1.23 bits per heavy atom. The molecule has 0 saturated carbocycles. The maximum absolute atomic E-state index is 12.8. The third-order valence-corrected chi connectivity index (χ3v) is 6.13. The van der Waals surface area contributed by atoms with Crippen molar-refractivity contribution in [2.45, 2.75) is 32.7 Å². The van der Waals surface area contributed by atoms with Gasteiger partial charge < -0.3 is 9.29 Å². The number of ether oxygens (including phenoxy) is 1. The molecule has 5 heteroatoms. The smallest absolute Gasteiger partial charge is 0.335 e. The summed E-state index contributed by atoms with van der Waals surface area (Å²) in [5.74, 6) is 0.297. The van der Waals surface area contributed by atoms with Crippen LogP contribution in [-0.2, 0) is 20.9 Å². The molecule has 2 aromatic carbocycles. The number of hydrogen-bond donors (Lipinski definition) is 0. The minimum absolute atomic E-state index is 0.319. The lowest BCUT2D eigenvalue weighted by Gasteiger charge is -2.28. The predicted molar refractivity (Wildman–Crippen MR) is 106 cm³/mol. The van der Waals surface area contributed by atoms with E-state index in [0.717, 1.165) is 29.2 Å². The van der Waals surface area contributed by atoms with Crippen LogP contribution in [0, 0.1) is 0 Å². The fraction of sp³-hybridized carbons (Fsp3) is 0.381. The van der Waals surface area contributed by atoms with Gasteiger partial charge in [-0.3, -0.25) is 0 Å². The summed E-state index contributed by atoms with van der Waals surface area (Å²) in [6.07, 6.45) is 3.77. The second-order valence-corrected chi connectivity index (χ2v) is 7.89. The van der Waals surface area contributed by atoms with Crippen molar-refractivity contribution in [3.63, 3.8) is 0 Å². The van der Waals surface area contributed by atoms with Crippen LogP contribution in [0.4, 0.5) is 0 Å². The summed E-state index contributed by atoms with van der Waals surface area (Å²) in [6.45, 7) is 4.72. The minimum atomic E-state index is -1.13. The van der Waals surface area contributed by atoms with Gasteiger partial charge in [-0.25, -0.2) is 4.79 Å². The highest BCUT2D eigenvalue weighted by molar-refractivity contribution is 7.89. The molecule has 4 nitrogen and oxygen atoms in total. The van der Waals surface area contributed by atoms with Crippen molar-refractivity contribution in [2.75, 3.05) is 18.9 Å². The second kappa shape index (κ2) is 8.71. The van der Waals surface area contributed by atoms with Crippen molar-refractivity contribution in [3.05, 3.63) is 59.7 Å². The van der Waals surface area contributed by atoms with Gasteiger partial charge in [-0.15, -0.1) is 4.31 Å². The molecule has 138 valence electrons. The lowest BCUT2D eigenvalue weighted by Crippen LogP contribution is -2.35. The van der Waals surface area contributed by atoms with E-state index in [1.54, 1.807) is 6.92 Å². The van der Waals surface area contributed by atoms with E-state index in [1.165, 1.54) is 0 Å². The quantitative estimate of drug-likeness (QED) is 0.542. The maximum Gasteiger partial charge on any atom is 0.335 e. The Hall–Kier alpha value is -1.82. The number of fused-ring (bicyclic) bond motifs is 1. The molecule has 1 aliphatic rings. The lowest BCUT2D eigenvalue weighted by molar-refractivity contribution is -0.138. The Morgan fingerprint density at radius 2 is 2.00 bits per heavy atom. The Labute approximate surface area is 158 Å². The molecular weight excluding hydrogens is 346 g/mol. The predicted octanol–water partition coefficient (Wildman–Crippen LogP) is 4.15. The summed E-state index contributed by atoms with van der Waals surface area (Å²) in [4.78, 5) is 12.5. The van der Waals surface area contributed by atoms with Crippen molar-refractivity contribution in [2.24, 2.45) is 0 Å². The van der Waals surface area contributed by atoms with E-state index in [2.05, 4.69) is 31.2 Å². The molecule has 1 aliphatic heterocycles. The van der Waals surface area contributed by atoms with E-state index in [0.29, 0.717) is 24.5 Å². The molecule has 0 N–H and O–H groups in total. The Balaban J connectivity index is 1.96. The lowest BCUT2D eigenvalue weighted by atomic mass is 9.98. The van der Waals surface area contributed by atoms with Gasteiger partial charge in [0.25, 0.3) is 0 Å². The molecule has 0 aliphatic carbocycles. The standard InChI is InChI=1S/C21H25NO3S/c1-3-5-14-26(24)22-13-12-19(21(23)25-4-2)20(22)18-11-10-16-8-6-7-9-17(16)15-18/h6-12,15,20H,3-5,13-14H2,1-2H3/t20-,26?/m0/s1. The van der Waals surface area contributed by atoms with Gasteiger partial charge in [-0.05, 0) is 35.7 Å². The molecule has 0 saturated heterocycles. The number of carbonyl (C=O) groups is 1. The van der Waals surface area contributed by atoms with Gasteiger partial charge in [0, 0.05) is 11.4 Å². The van der Waals surface area contributed by atoms with Crippen LogP contribution >= 0.6 is 0 Å². The molecule has 2 atom stereocenters. The first-order valence-corrected chi connectivity index (χ1v) is 10.4. The van der Waals surface area contributed by atoms with Gasteiger partial charge in [0.2, 0.25) is 0 Å². The molecule has 0 fully saturated rings. The Bertz CT molecular complexity index is 805. The summed E-state index contributed by atoms with van der Waals surface area (Å²) < 4.78 is 20.0. The number of benzene rings is 2. The van der Waals surface area contributed by atoms with Crippen LogP contribution in [0.5, 0.6) is 0 Å². The first kappa shape index (κ1) is 19.0. The topological polar surface area (TPSA) is 52.6 Å². The van der Waals surface area contributed by atoms with E-state index in [1.807, 2.05) is 28.6 Å². The average molecular weight is 372 g/mol. The summed E-state index contributed by atoms with van der Waals surface area (Å²) >= 11 is -1.13. The molecule has 0 bridgehead atoms. The monoisotopic (exact) mass is 371 g/mol. The van der Waals surface area contributed by atoms with Gasteiger partial charge >= 0.3 is 5.97 Å². The SMILES string of the molecule is CCCC[S+]([O-])N1CC=C(C(=O)OCC)[C@@H]1c1ccc2ccccc2c1. The van der Waals surface area contributed by atoms with Crippen molar-refractivity contribution < 1.29 is 14.1 Å². The second-order valence-electron chi connectivity index (χ2n) is 6.37. The summed E-state index contributed by atoms with van der Waals surface area (Å²) in [5, 5.41) is 2.26. The van der Waals surface area contributed by atoms with Crippen LogP contribution in [0.15, 0.2) is 54.1 Å². The molecule has 2 aromatic rings. The number of hydrogen-bond acceptors (Lipinski definition) is 4. The third kappa shape index (κ3) is 3.95. The van der Waals surface area contributed by atoms with E-state index in [4.69, 9.17) is 4.74 Å². The van der Waals surface area contributed by atoms with Crippen LogP contribution in [0.2, 0.25) is 0 Å². The van der Waals surface area contributed by atoms with Crippen LogP contribution < -0.4 is 0 Å². The first-order chi connectivity index (χ1) is 12.7. The zero-order valence-corrected chi connectivity index (χ0v) is 16.1. The molecule has 0 amide bonds. The normalized spacial score (nSPS) is 18.7. The van der Waals surface area contributed by atoms with Gasteiger partial charge in [-0.1, -0.05) is 55.8 Å². The summed E-state index contributed by atoms with van der Waals surface area (Å²) in [7, 11) is 0. The van der Waals surface area contributed by atoms with Gasteiger partial charge in [0.1, 0.15) is 11.8 Å². The zero-order chi connectivity index (χ0) is 18.5. The number of carbonyl (C=O) groups excluding carboxylic acids is 1. The van der Waals surface area contributed by atoms with Gasteiger partial charge in [0.05, 0.1) is 18.7 Å². The van der Waals surface area contributed by atoms with Gasteiger partial charge in [-0.2, -0.15) is 0 Å². The number of nitrogens with zero attached hydrogens (tertiary/aromatic N) is 1. The fourth-order valence-electron chi connectivity index (χ4n) is 3.28. The van der Waals surface area contributed by atoms with Crippen LogP contribution in [-0.4, -0.2) is 33.7 Å².